The second kappa shape index (κ2) is 13.2. The van der Waals surface area contributed by atoms with Crippen LogP contribution < -0.4 is 25.4 Å². The summed E-state index contributed by atoms with van der Waals surface area (Å²) in [5, 5.41) is 10.9. The van der Waals surface area contributed by atoms with Crippen LogP contribution in [0.1, 0.15) is 58.1 Å². The summed E-state index contributed by atoms with van der Waals surface area (Å²) in [7, 11) is 1.61. The fraction of sp³-hybridized carbons (Fsp3) is 0.484. The third-order valence-corrected chi connectivity index (χ3v) is 6.84. The smallest absolute Gasteiger partial charge is 0.331 e. The Morgan fingerprint density at radius 3 is 2.56 bits per heavy atom. The summed E-state index contributed by atoms with van der Waals surface area (Å²) in [6.45, 7) is 12.9. The van der Waals surface area contributed by atoms with Crippen molar-refractivity contribution in [2.45, 2.75) is 78.5 Å². The monoisotopic (exact) mass is 562 g/mol. The minimum Gasteiger partial charge on any atom is -0.493 e. The van der Waals surface area contributed by atoms with Crippen molar-refractivity contribution in [2.24, 2.45) is 4.99 Å². The molecular formula is C31H42N6O4. The average Bonchev–Trinajstić information content (AvgIpc) is 3.43. The van der Waals surface area contributed by atoms with Crippen LogP contribution in [0.2, 0.25) is 0 Å². The van der Waals surface area contributed by atoms with Crippen molar-refractivity contribution in [2.75, 3.05) is 30.9 Å². The Balaban J connectivity index is 1.64. The van der Waals surface area contributed by atoms with Crippen molar-refractivity contribution in [3.63, 3.8) is 0 Å². The van der Waals surface area contributed by atoms with Gasteiger partial charge in [-0.1, -0.05) is 18.2 Å². The van der Waals surface area contributed by atoms with E-state index in [2.05, 4.69) is 30.9 Å². The highest BCUT2D eigenvalue weighted by atomic mass is 16.6. The van der Waals surface area contributed by atoms with Gasteiger partial charge in [0.2, 0.25) is 5.96 Å². The number of nitrogens with one attached hydrogen (secondary N) is 3. The van der Waals surface area contributed by atoms with E-state index in [1.807, 2.05) is 65.0 Å². The molecule has 2 unspecified atom stereocenters. The van der Waals surface area contributed by atoms with Crippen LogP contribution >= 0.6 is 0 Å². The molecule has 0 saturated carbocycles. The van der Waals surface area contributed by atoms with Gasteiger partial charge in [-0.3, -0.25) is 0 Å². The van der Waals surface area contributed by atoms with Gasteiger partial charge in [0.15, 0.2) is 11.5 Å². The van der Waals surface area contributed by atoms with Crippen molar-refractivity contribution in [1.29, 1.82) is 0 Å². The first-order valence-electron chi connectivity index (χ1n) is 14.1. The summed E-state index contributed by atoms with van der Waals surface area (Å²) in [5.74, 6) is 1.64. The molecule has 1 aliphatic rings. The maximum Gasteiger partial charge on any atom is 0.331 e. The number of anilines is 2. The van der Waals surface area contributed by atoms with Crippen LogP contribution in [0.3, 0.4) is 0 Å². The van der Waals surface area contributed by atoms with Gasteiger partial charge in [0.25, 0.3) is 0 Å². The summed E-state index contributed by atoms with van der Waals surface area (Å²) < 4.78 is 17.3. The van der Waals surface area contributed by atoms with Crippen LogP contribution in [0.25, 0.3) is 10.9 Å². The molecule has 0 bridgehead atoms. The maximum atomic E-state index is 12.8. The molecule has 2 atom stereocenters. The highest BCUT2D eigenvalue weighted by Crippen LogP contribution is 2.34. The Morgan fingerprint density at radius 2 is 1.90 bits per heavy atom. The minimum absolute atomic E-state index is 0.351. The van der Waals surface area contributed by atoms with E-state index in [1.165, 1.54) is 19.2 Å². The fourth-order valence-electron chi connectivity index (χ4n) is 4.72. The fourth-order valence-corrected chi connectivity index (χ4v) is 4.72. The molecule has 1 fully saturated rings. The Kier molecular flexibility index (Phi) is 9.65. The number of benzene rings is 2. The van der Waals surface area contributed by atoms with E-state index in [1.54, 1.807) is 14.0 Å². The molecule has 10 heteroatoms. The van der Waals surface area contributed by atoms with Crippen molar-refractivity contribution in [3.05, 3.63) is 47.8 Å². The zero-order valence-corrected chi connectivity index (χ0v) is 25.1. The number of hydrogen-bond donors (Lipinski definition) is 3. The number of guanidine groups is 1. The Hall–Kier alpha value is -3.92. The molecule has 1 saturated heterocycles. The zero-order valence-electron chi connectivity index (χ0n) is 25.1. The maximum absolute atomic E-state index is 12.8. The highest BCUT2D eigenvalue weighted by Gasteiger charge is 2.23. The summed E-state index contributed by atoms with van der Waals surface area (Å²) in [4.78, 5) is 26.4. The van der Waals surface area contributed by atoms with E-state index in [-0.39, 0.29) is 0 Å². The predicted molar refractivity (Wildman–Crippen MR) is 163 cm³/mol. The molecule has 1 aliphatic heterocycles. The lowest BCUT2D eigenvalue weighted by atomic mass is 10.1. The second-order valence-corrected chi connectivity index (χ2v) is 11.4. The summed E-state index contributed by atoms with van der Waals surface area (Å²) >= 11 is 0. The molecule has 41 heavy (non-hydrogen) atoms. The first-order chi connectivity index (χ1) is 19.5. The van der Waals surface area contributed by atoms with Crippen LogP contribution in [0.4, 0.5) is 11.5 Å². The molecule has 0 spiro atoms. The molecule has 4 rings (SSSR count). The zero-order chi connectivity index (χ0) is 29.6. The molecule has 2 heterocycles. The largest absolute Gasteiger partial charge is 0.493 e. The Labute approximate surface area is 242 Å². The number of rotatable bonds is 9. The normalized spacial score (nSPS) is 16.4. The van der Waals surface area contributed by atoms with E-state index < -0.39 is 17.6 Å². The number of aliphatic imine (C=N–C) groups is 1. The first kappa shape index (κ1) is 30.0. The van der Waals surface area contributed by atoms with Crippen molar-refractivity contribution in [1.82, 2.24) is 15.3 Å². The topological polar surface area (TPSA) is 119 Å². The minimum atomic E-state index is -0.773. The van der Waals surface area contributed by atoms with Gasteiger partial charge in [0.1, 0.15) is 23.8 Å². The molecule has 0 amide bonds. The quantitative estimate of drug-likeness (QED) is 0.179. The molecule has 0 radical (unpaired) electrons. The lowest BCUT2D eigenvalue weighted by Gasteiger charge is -2.22. The van der Waals surface area contributed by atoms with Crippen molar-refractivity contribution < 1.29 is 19.0 Å². The van der Waals surface area contributed by atoms with Crippen LogP contribution in [-0.2, 0) is 9.53 Å². The molecule has 220 valence electrons. The van der Waals surface area contributed by atoms with E-state index in [0.717, 1.165) is 35.2 Å². The number of hydrogen-bond acceptors (Lipinski definition) is 8. The highest BCUT2D eigenvalue weighted by molar-refractivity contribution is 6.08. The number of carbonyl (C=O) groups is 1. The number of aromatic nitrogens is 2. The van der Waals surface area contributed by atoms with Crippen LogP contribution in [0.15, 0.2) is 41.7 Å². The van der Waals surface area contributed by atoms with Gasteiger partial charge in [-0.25, -0.2) is 19.8 Å². The summed E-state index contributed by atoms with van der Waals surface area (Å²) in [5.41, 5.74) is 3.02. The summed E-state index contributed by atoms with van der Waals surface area (Å²) in [6, 6.07) is 9.46. The van der Waals surface area contributed by atoms with Gasteiger partial charge in [-0.05, 0) is 84.5 Å². The van der Waals surface area contributed by atoms with Crippen molar-refractivity contribution in [3.8, 4) is 11.5 Å². The number of ether oxygens (including phenoxy) is 3. The number of esters is 1. The van der Waals surface area contributed by atoms with Gasteiger partial charge < -0.3 is 30.2 Å². The molecule has 3 aromatic rings. The molecule has 0 aliphatic carbocycles. The van der Waals surface area contributed by atoms with E-state index >= 15 is 0 Å². The van der Waals surface area contributed by atoms with E-state index in [0.29, 0.717) is 41.4 Å². The Bertz CT molecular complexity index is 1380. The van der Waals surface area contributed by atoms with Gasteiger partial charge in [0, 0.05) is 23.2 Å². The van der Waals surface area contributed by atoms with Crippen LogP contribution in [0.5, 0.6) is 11.5 Å². The third-order valence-electron chi connectivity index (χ3n) is 6.84. The number of para-hydroxylation sites is 1. The Morgan fingerprint density at radius 1 is 1.15 bits per heavy atom. The van der Waals surface area contributed by atoms with Gasteiger partial charge in [0.05, 0.1) is 19.2 Å². The number of fused-ring (bicyclic) bond motifs is 1. The molecule has 3 N–H and O–H groups in total. The number of carbonyl (C=O) groups excluding carboxylic acids is 1. The second-order valence-electron chi connectivity index (χ2n) is 11.4. The first-order valence-corrected chi connectivity index (χ1v) is 14.1. The van der Waals surface area contributed by atoms with E-state index in [4.69, 9.17) is 14.2 Å². The predicted octanol–water partition coefficient (Wildman–Crippen LogP) is 5.39. The third kappa shape index (κ3) is 8.07. The number of methoxy groups -OCH3 is 1. The molecule has 1 aromatic heterocycles. The molecular weight excluding hydrogens is 520 g/mol. The van der Waals surface area contributed by atoms with Crippen molar-refractivity contribution >= 4 is 34.3 Å². The molecule has 2 aromatic carbocycles. The lowest BCUT2D eigenvalue weighted by molar-refractivity contribution is -0.155. The van der Waals surface area contributed by atoms with Crippen LogP contribution in [0, 0.1) is 13.8 Å². The van der Waals surface area contributed by atoms with Gasteiger partial charge >= 0.3 is 5.97 Å². The average molecular weight is 563 g/mol. The van der Waals surface area contributed by atoms with E-state index in [9.17, 15) is 4.79 Å². The standard InChI is InChI=1S/C31H42N6O4/c1-19-10-8-11-20(2)27(19)36-30(35-21(3)29(38)41-31(4,5)6)37-28-23-16-25(39-7)26(17-24(23)33-18-34-28)40-15-13-22-12-9-14-32-22/h8,10-11,16-18,21-22,32H,9,12-15H2,1-7H3,(H2,33,34,35,36,37). The summed E-state index contributed by atoms with van der Waals surface area (Å²) in [6.07, 6.45) is 4.79. The molecule has 10 nitrogen and oxygen atoms in total. The number of nitrogens with zero attached hydrogens (tertiary/aromatic N) is 3. The lowest BCUT2D eigenvalue weighted by Crippen LogP contribution is -2.32. The SMILES string of the molecule is COc1cc2c(NC(=NC(C)C(=O)OC(C)(C)C)Nc3c(C)cccc3C)ncnc2cc1OCCC1CCCN1. The van der Waals surface area contributed by atoms with Gasteiger partial charge in [-0.15, -0.1) is 0 Å². The number of aryl methyl sites for hydroxylation is 2. The van der Waals surface area contributed by atoms with Crippen LogP contribution in [-0.4, -0.2) is 59.8 Å². The van der Waals surface area contributed by atoms with Gasteiger partial charge in [-0.2, -0.15) is 0 Å².